The molecule has 3 saturated carbocycles. The molecule has 3 aliphatic rings. The van der Waals surface area contributed by atoms with Crippen molar-refractivity contribution in [1.82, 2.24) is 10.6 Å². The van der Waals surface area contributed by atoms with Gasteiger partial charge in [-0.05, 0) is 87.9 Å². The average Bonchev–Trinajstić information content (AvgIpc) is 3.57. The summed E-state index contributed by atoms with van der Waals surface area (Å²) < 4.78 is 20.6. The Kier molecular flexibility index (Phi) is 11.0. The minimum absolute atomic E-state index is 0.0834. The van der Waals surface area contributed by atoms with E-state index in [1.807, 2.05) is 0 Å². The third-order valence-electron chi connectivity index (χ3n) is 8.14. The van der Waals surface area contributed by atoms with E-state index in [4.69, 9.17) is 18.9 Å². The van der Waals surface area contributed by atoms with Gasteiger partial charge >= 0.3 is 24.1 Å². The molecule has 10 heteroatoms. The zero-order valence-electron chi connectivity index (χ0n) is 22.6. The molecule has 3 rings (SSSR count). The summed E-state index contributed by atoms with van der Waals surface area (Å²) in [6.45, 7) is 11.5. The van der Waals surface area contributed by atoms with Crippen molar-refractivity contribution in [3.8, 4) is 0 Å². The first kappa shape index (κ1) is 29.5. The van der Waals surface area contributed by atoms with E-state index < -0.39 is 24.1 Å². The second-order valence-electron chi connectivity index (χ2n) is 10.8. The van der Waals surface area contributed by atoms with Crippen molar-refractivity contribution >= 4 is 24.1 Å². The van der Waals surface area contributed by atoms with E-state index in [9.17, 15) is 19.2 Å². The summed E-state index contributed by atoms with van der Waals surface area (Å²) in [5.41, 5.74) is 0.644. The molecule has 3 fully saturated rings. The molecule has 0 heterocycles. The number of ether oxygens (including phenoxy) is 4. The molecule has 0 aromatic carbocycles. The number of fused-ring (bicyclic) bond motifs is 5. The van der Waals surface area contributed by atoms with E-state index in [1.165, 1.54) is 25.7 Å². The lowest BCUT2D eigenvalue weighted by molar-refractivity contribution is -0.139. The maximum Gasteiger partial charge on any atom is 0.407 e. The normalized spacial score (nSPS) is 26.7. The smallest absolute Gasteiger partial charge is 0.407 e. The van der Waals surface area contributed by atoms with Crippen molar-refractivity contribution in [2.75, 3.05) is 39.5 Å². The number of rotatable bonds is 14. The number of amides is 2. The second-order valence-corrected chi connectivity index (χ2v) is 10.8. The number of alkyl carbamates (subject to hydrolysis) is 2. The Bertz CT molecular complexity index is 903. The zero-order valence-corrected chi connectivity index (χ0v) is 22.6. The van der Waals surface area contributed by atoms with Crippen molar-refractivity contribution < 1.29 is 38.1 Å². The fourth-order valence-corrected chi connectivity index (χ4v) is 6.63. The van der Waals surface area contributed by atoms with Gasteiger partial charge in [-0.1, -0.05) is 13.2 Å². The van der Waals surface area contributed by atoms with E-state index in [0.717, 1.165) is 18.8 Å². The molecule has 0 saturated heterocycles. The predicted octanol–water partition coefficient (Wildman–Crippen LogP) is 3.76. The van der Waals surface area contributed by atoms with Gasteiger partial charge in [0.15, 0.2) is 0 Å². The minimum atomic E-state index is -0.491. The summed E-state index contributed by atoms with van der Waals surface area (Å²) in [6, 6.07) is 0. The van der Waals surface area contributed by atoms with Crippen LogP contribution in [0.2, 0.25) is 0 Å². The molecule has 38 heavy (non-hydrogen) atoms. The number of carbonyl (C=O) groups is 4. The van der Waals surface area contributed by atoms with Crippen LogP contribution < -0.4 is 10.6 Å². The molecule has 2 amide bonds. The summed E-state index contributed by atoms with van der Waals surface area (Å²) in [4.78, 5) is 46.5. The maximum absolute atomic E-state index is 11.9. The SMILES string of the molecule is C=C(C)C(=O)OCCNC(=O)OCCC1CC2CC1C1CCC(CCOC(=O)NCCOC(=O)C(=C)C)C21. The van der Waals surface area contributed by atoms with Crippen molar-refractivity contribution in [2.24, 2.45) is 35.5 Å². The van der Waals surface area contributed by atoms with Gasteiger partial charge < -0.3 is 29.6 Å². The van der Waals surface area contributed by atoms with Gasteiger partial charge in [-0.15, -0.1) is 0 Å². The van der Waals surface area contributed by atoms with Gasteiger partial charge in [0.25, 0.3) is 0 Å². The molecule has 6 atom stereocenters. The Balaban J connectivity index is 1.26. The highest BCUT2D eigenvalue weighted by Gasteiger charge is 2.56. The minimum Gasteiger partial charge on any atom is -0.460 e. The molecule has 212 valence electrons. The highest BCUT2D eigenvalue weighted by molar-refractivity contribution is 5.87. The van der Waals surface area contributed by atoms with Crippen LogP contribution in [0.5, 0.6) is 0 Å². The van der Waals surface area contributed by atoms with Gasteiger partial charge in [0.05, 0.1) is 26.3 Å². The van der Waals surface area contributed by atoms with Crippen molar-refractivity contribution in [1.29, 1.82) is 0 Å². The summed E-state index contributed by atoms with van der Waals surface area (Å²) in [6.07, 6.45) is 5.58. The molecule has 2 N–H and O–H groups in total. The summed E-state index contributed by atoms with van der Waals surface area (Å²) in [5, 5.41) is 5.20. The highest BCUT2D eigenvalue weighted by Crippen LogP contribution is 2.63. The van der Waals surface area contributed by atoms with E-state index in [0.29, 0.717) is 53.9 Å². The van der Waals surface area contributed by atoms with Crippen molar-refractivity contribution in [3.63, 3.8) is 0 Å². The molecule has 0 aromatic heterocycles. The summed E-state index contributed by atoms with van der Waals surface area (Å²) in [7, 11) is 0. The number of hydrogen-bond donors (Lipinski definition) is 2. The van der Waals surface area contributed by atoms with Crippen LogP contribution in [0.4, 0.5) is 9.59 Å². The van der Waals surface area contributed by atoms with Crippen LogP contribution in [-0.2, 0) is 28.5 Å². The zero-order chi connectivity index (χ0) is 27.7. The molecular formula is C28H42N2O8. The quantitative estimate of drug-likeness (QED) is 0.149. The topological polar surface area (TPSA) is 129 Å². The number of nitrogens with one attached hydrogen (secondary N) is 2. The molecule has 0 aliphatic heterocycles. The van der Waals surface area contributed by atoms with Gasteiger partial charge in [-0.25, -0.2) is 19.2 Å². The van der Waals surface area contributed by atoms with E-state index in [-0.39, 0.29) is 26.3 Å². The molecule has 0 spiro atoms. The van der Waals surface area contributed by atoms with Gasteiger partial charge in [0.1, 0.15) is 13.2 Å². The van der Waals surface area contributed by atoms with Gasteiger partial charge in [-0.3, -0.25) is 0 Å². The van der Waals surface area contributed by atoms with Crippen LogP contribution in [0.25, 0.3) is 0 Å². The Hall–Kier alpha value is -3.04. The average molecular weight is 535 g/mol. The Morgan fingerprint density at radius 3 is 1.74 bits per heavy atom. The third-order valence-corrected chi connectivity index (χ3v) is 8.14. The fourth-order valence-electron chi connectivity index (χ4n) is 6.63. The lowest BCUT2D eigenvalue weighted by atomic mass is 9.72. The molecule has 0 aromatic rings. The molecular weight excluding hydrogens is 492 g/mol. The van der Waals surface area contributed by atoms with Crippen LogP contribution in [-0.4, -0.2) is 63.6 Å². The van der Waals surface area contributed by atoms with Gasteiger partial charge in [0, 0.05) is 11.1 Å². The van der Waals surface area contributed by atoms with Gasteiger partial charge in [0.2, 0.25) is 0 Å². The molecule has 6 unspecified atom stereocenters. The molecule has 0 radical (unpaired) electrons. The van der Waals surface area contributed by atoms with Crippen molar-refractivity contribution in [3.05, 3.63) is 24.3 Å². The Morgan fingerprint density at radius 1 is 0.684 bits per heavy atom. The van der Waals surface area contributed by atoms with E-state index in [1.54, 1.807) is 13.8 Å². The predicted molar refractivity (Wildman–Crippen MR) is 139 cm³/mol. The molecule has 3 aliphatic carbocycles. The van der Waals surface area contributed by atoms with Crippen LogP contribution in [0.3, 0.4) is 0 Å². The Morgan fingerprint density at radius 2 is 1.21 bits per heavy atom. The largest absolute Gasteiger partial charge is 0.460 e. The first-order chi connectivity index (χ1) is 18.2. The lowest BCUT2D eigenvalue weighted by Gasteiger charge is -2.34. The number of hydrogen-bond acceptors (Lipinski definition) is 8. The first-order valence-electron chi connectivity index (χ1n) is 13.6. The first-order valence-corrected chi connectivity index (χ1v) is 13.6. The molecule has 10 nitrogen and oxygen atoms in total. The highest BCUT2D eigenvalue weighted by atomic mass is 16.6. The van der Waals surface area contributed by atoms with Gasteiger partial charge in [-0.2, -0.15) is 0 Å². The number of esters is 2. The summed E-state index contributed by atoms with van der Waals surface area (Å²) >= 11 is 0. The van der Waals surface area contributed by atoms with E-state index >= 15 is 0 Å². The lowest BCUT2D eigenvalue weighted by Crippen LogP contribution is -2.31. The van der Waals surface area contributed by atoms with Crippen LogP contribution in [0.15, 0.2) is 24.3 Å². The number of carbonyl (C=O) groups excluding carboxylic acids is 4. The summed E-state index contributed by atoms with van der Waals surface area (Å²) in [5.74, 6) is 3.04. The van der Waals surface area contributed by atoms with Crippen LogP contribution in [0, 0.1) is 35.5 Å². The third kappa shape index (κ3) is 8.23. The monoisotopic (exact) mass is 534 g/mol. The van der Waals surface area contributed by atoms with Crippen LogP contribution in [0.1, 0.15) is 52.4 Å². The maximum atomic E-state index is 11.9. The molecule has 2 bridgehead atoms. The standard InChI is InChI=1S/C28H42N2O8/c1-17(2)25(31)35-13-9-29-27(33)37-11-7-19-5-6-22-23-16-21(24(19)22)15-20(23)8-12-38-28(34)30-10-14-36-26(32)18(3)4/h19-24H,1,3,5-16H2,2,4H3,(H,29,33)(H,30,34). The Labute approximate surface area is 224 Å². The second kappa shape index (κ2) is 14.2. The van der Waals surface area contributed by atoms with E-state index in [2.05, 4.69) is 23.8 Å². The van der Waals surface area contributed by atoms with Crippen molar-refractivity contribution in [2.45, 2.75) is 52.4 Å². The van der Waals surface area contributed by atoms with Crippen LogP contribution >= 0.6 is 0 Å². The fraction of sp³-hybridized carbons (Fsp3) is 0.714.